The minimum atomic E-state index is -0.369. The van der Waals surface area contributed by atoms with Crippen LogP contribution in [0.4, 0.5) is 5.69 Å². The van der Waals surface area contributed by atoms with E-state index in [1.54, 1.807) is 17.0 Å². The Bertz CT molecular complexity index is 1080. The molecule has 0 N–H and O–H groups in total. The molecule has 1 aromatic carbocycles. The van der Waals surface area contributed by atoms with Gasteiger partial charge in [-0.2, -0.15) is 9.97 Å². The molecule has 1 aliphatic carbocycles. The highest BCUT2D eigenvalue weighted by Gasteiger charge is 2.40. The first kappa shape index (κ1) is 17.7. The minimum Gasteiger partial charge on any atom is -0.481 e. The molecule has 0 radical (unpaired) electrons. The SMILES string of the molecule is COc1ccc(C(=O)N2c3ccccc3CC2c2nc(C3CC3)no2)c(OC)n1. The summed E-state index contributed by atoms with van der Waals surface area (Å²) in [6.07, 6.45) is 2.78. The summed E-state index contributed by atoms with van der Waals surface area (Å²) in [5.74, 6) is 1.91. The van der Waals surface area contributed by atoms with Crippen molar-refractivity contribution in [1.29, 1.82) is 0 Å². The molecule has 1 atom stereocenters. The number of anilines is 1. The van der Waals surface area contributed by atoms with Crippen LogP contribution in [0, 0.1) is 0 Å². The van der Waals surface area contributed by atoms with Crippen LogP contribution >= 0.6 is 0 Å². The predicted molar refractivity (Wildman–Crippen MR) is 103 cm³/mol. The molecule has 1 amide bonds. The molecule has 0 spiro atoms. The number of rotatable bonds is 5. The summed E-state index contributed by atoms with van der Waals surface area (Å²) in [6, 6.07) is 10.7. The molecule has 2 aromatic heterocycles. The number of hydrogen-bond acceptors (Lipinski definition) is 7. The predicted octanol–water partition coefficient (Wildman–Crippen LogP) is 3.30. The summed E-state index contributed by atoms with van der Waals surface area (Å²) in [4.78, 5) is 24.1. The Morgan fingerprint density at radius 1 is 1.10 bits per heavy atom. The van der Waals surface area contributed by atoms with E-state index in [0.717, 1.165) is 29.9 Å². The number of hydrogen-bond donors (Lipinski definition) is 0. The lowest BCUT2D eigenvalue weighted by Crippen LogP contribution is -2.32. The van der Waals surface area contributed by atoms with Gasteiger partial charge >= 0.3 is 0 Å². The maximum atomic E-state index is 13.6. The third-order valence-corrected chi connectivity index (χ3v) is 5.35. The van der Waals surface area contributed by atoms with Gasteiger partial charge in [-0.15, -0.1) is 0 Å². The van der Waals surface area contributed by atoms with Gasteiger partial charge in [0, 0.05) is 24.1 Å². The van der Waals surface area contributed by atoms with E-state index in [-0.39, 0.29) is 17.8 Å². The Kier molecular flexibility index (Phi) is 4.19. The van der Waals surface area contributed by atoms with Gasteiger partial charge in [0.1, 0.15) is 11.6 Å². The van der Waals surface area contributed by atoms with Gasteiger partial charge in [-0.1, -0.05) is 23.4 Å². The normalized spacial score (nSPS) is 17.9. The van der Waals surface area contributed by atoms with Gasteiger partial charge in [-0.25, -0.2) is 0 Å². The van der Waals surface area contributed by atoms with E-state index < -0.39 is 0 Å². The van der Waals surface area contributed by atoms with Gasteiger partial charge < -0.3 is 14.0 Å². The van der Waals surface area contributed by atoms with Gasteiger partial charge in [-0.05, 0) is 30.5 Å². The highest BCUT2D eigenvalue weighted by atomic mass is 16.5. The molecule has 8 heteroatoms. The Morgan fingerprint density at radius 3 is 2.69 bits per heavy atom. The topological polar surface area (TPSA) is 90.6 Å². The number of carbonyl (C=O) groups excluding carboxylic acids is 1. The van der Waals surface area contributed by atoms with E-state index in [1.165, 1.54) is 14.2 Å². The van der Waals surface area contributed by atoms with Crippen molar-refractivity contribution in [2.24, 2.45) is 0 Å². The van der Waals surface area contributed by atoms with Crippen molar-refractivity contribution >= 4 is 11.6 Å². The van der Waals surface area contributed by atoms with Crippen LogP contribution in [0.3, 0.4) is 0 Å². The van der Waals surface area contributed by atoms with E-state index in [2.05, 4.69) is 15.1 Å². The third kappa shape index (κ3) is 3.00. The molecule has 0 bridgehead atoms. The monoisotopic (exact) mass is 392 g/mol. The maximum Gasteiger partial charge on any atom is 0.264 e. The number of aromatic nitrogens is 3. The molecule has 29 heavy (non-hydrogen) atoms. The van der Waals surface area contributed by atoms with Gasteiger partial charge in [0.2, 0.25) is 17.7 Å². The molecular formula is C21H20N4O4. The van der Waals surface area contributed by atoms with Crippen LogP contribution in [0.1, 0.15) is 52.4 Å². The van der Waals surface area contributed by atoms with Crippen LogP contribution in [0.25, 0.3) is 0 Å². The largest absolute Gasteiger partial charge is 0.481 e. The second-order valence-electron chi connectivity index (χ2n) is 7.20. The first-order chi connectivity index (χ1) is 14.2. The fourth-order valence-electron chi connectivity index (χ4n) is 3.71. The van der Waals surface area contributed by atoms with Crippen molar-refractivity contribution in [3.63, 3.8) is 0 Å². The molecule has 1 unspecified atom stereocenters. The highest BCUT2D eigenvalue weighted by Crippen LogP contribution is 2.43. The Balaban J connectivity index is 1.56. The van der Waals surface area contributed by atoms with Crippen molar-refractivity contribution in [3.8, 4) is 11.8 Å². The van der Waals surface area contributed by atoms with Crippen molar-refractivity contribution in [1.82, 2.24) is 15.1 Å². The zero-order valence-corrected chi connectivity index (χ0v) is 16.2. The van der Waals surface area contributed by atoms with Crippen LogP contribution in [0.15, 0.2) is 40.9 Å². The number of benzene rings is 1. The standard InChI is InChI=1S/C21H20N4O4/c1-27-17-10-9-14(19(22-17)28-2)21(26)25-15-6-4-3-5-13(15)11-16(25)20-23-18(24-29-20)12-7-8-12/h3-6,9-10,12,16H,7-8,11H2,1-2H3. The quantitative estimate of drug-likeness (QED) is 0.658. The number of methoxy groups -OCH3 is 2. The number of para-hydroxylation sites is 1. The summed E-state index contributed by atoms with van der Waals surface area (Å²) in [5.41, 5.74) is 2.22. The number of amides is 1. The average Bonchev–Trinajstić information content (AvgIpc) is 3.36. The number of fused-ring (bicyclic) bond motifs is 1. The van der Waals surface area contributed by atoms with E-state index in [4.69, 9.17) is 14.0 Å². The zero-order valence-electron chi connectivity index (χ0n) is 16.2. The minimum absolute atomic E-state index is 0.210. The molecular weight excluding hydrogens is 372 g/mol. The summed E-state index contributed by atoms with van der Waals surface area (Å²) >= 11 is 0. The fraction of sp³-hybridized carbons (Fsp3) is 0.333. The number of pyridine rings is 1. The van der Waals surface area contributed by atoms with E-state index in [0.29, 0.717) is 29.7 Å². The van der Waals surface area contributed by atoms with E-state index in [9.17, 15) is 4.79 Å². The molecule has 1 aliphatic heterocycles. The van der Waals surface area contributed by atoms with E-state index >= 15 is 0 Å². The lowest BCUT2D eigenvalue weighted by atomic mass is 10.1. The lowest BCUT2D eigenvalue weighted by molar-refractivity contribution is 0.0971. The number of ether oxygens (including phenoxy) is 2. The lowest BCUT2D eigenvalue weighted by Gasteiger charge is -2.23. The summed E-state index contributed by atoms with van der Waals surface area (Å²) in [6.45, 7) is 0. The summed E-state index contributed by atoms with van der Waals surface area (Å²) in [7, 11) is 3.00. The molecule has 2 aliphatic rings. The number of carbonyl (C=O) groups is 1. The molecule has 3 aromatic rings. The van der Waals surface area contributed by atoms with Crippen LogP contribution in [-0.2, 0) is 6.42 Å². The molecule has 1 fully saturated rings. The zero-order chi connectivity index (χ0) is 20.0. The average molecular weight is 392 g/mol. The second-order valence-corrected chi connectivity index (χ2v) is 7.20. The summed E-state index contributed by atoms with van der Waals surface area (Å²) < 4.78 is 16.1. The first-order valence-electron chi connectivity index (χ1n) is 9.53. The molecule has 1 saturated carbocycles. The van der Waals surface area contributed by atoms with Gasteiger partial charge in [0.15, 0.2) is 5.82 Å². The third-order valence-electron chi connectivity index (χ3n) is 5.35. The Labute approximate surface area is 167 Å². The fourth-order valence-corrected chi connectivity index (χ4v) is 3.71. The van der Waals surface area contributed by atoms with E-state index in [1.807, 2.05) is 24.3 Å². The smallest absolute Gasteiger partial charge is 0.264 e. The number of nitrogens with zero attached hydrogens (tertiary/aromatic N) is 4. The molecule has 0 saturated heterocycles. The van der Waals surface area contributed by atoms with Crippen LogP contribution < -0.4 is 14.4 Å². The molecule has 148 valence electrons. The van der Waals surface area contributed by atoms with Crippen LogP contribution in [-0.4, -0.2) is 35.3 Å². The van der Waals surface area contributed by atoms with Crippen molar-refractivity contribution < 1.29 is 18.8 Å². The molecule has 5 rings (SSSR count). The second kappa shape index (κ2) is 6.88. The Hall–Kier alpha value is -3.42. The van der Waals surface area contributed by atoms with Crippen molar-refractivity contribution in [3.05, 3.63) is 59.2 Å². The van der Waals surface area contributed by atoms with Crippen LogP contribution in [0.5, 0.6) is 11.8 Å². The van der Waals surface area contributed by atoms with Crippen molar-refractivity contribution in [2.75, 3.05) is 19.1 Å². The first-order valence-corrected chi connectivity index (χ1v) is 9.53. The molecule has 3 heterocycles. The van der Waals surface area contributed by atoms with Gasteiger partial charge in [0.05, 0.1) is 14.2 Å². The maximum absolute atomic E-state index is 13.6. The molecule has 8 nitrogen and oxygen atoms in total. The van der Waals surface area contributed by atoms with Gasteiger partial charge in [0.25, 0.3) is 5.91 Å². The summed E-state index contributed by atoms with van der Waals surface area (Å²) in [5, 5.41) is 4.13. The Morgan fingerprint density at radius 2 is 1.93 bits per heavy atom. The van der Waals surface area contributed by atoms with Crippen molar-refractivity contribution in [2.45, 2.75) is 31.2 Å². The van der Waals surface area contributed by atoms with Gasteiger partial charge in [-0.3, -0.25) is 9.69 Å². The highest BCUT2D eigenvalue weighted by molar-refractivity contribution is 6.09. The van der Waals surface area contributed by atoms with Crippen LogP contribution in [0.2, 0.25) is 0 Å².